The molecular weight excluding hydrogens is 932 g/mol. The van der Waals surface area contributed by atoms with E-state index >= 15 is 0 Å². The number of H-pyrrole nitrogens is 1. The van der Waals surface area contributed by atoms with E-state index in [1.807, 2.05) is 0 Å². The predicted molar refractivity (Wildman–Crippen MR) is 251 cm³/mol. The van der Waals surface area contributed by atoms with Gasteiger partial charge in [-0.15, -0.1) is 0 Å². The van der Waals surface area contributed by atoms with Gasteiger partial charge in [0.15, 0.2) is 33.6 Å². The van der Waals surface area contributed by atoms with Gasteiger partial charge in [0.2, 0.25) is 0 Å². The number of carbonyl (C=O) groups is 6. The Morgan fingerprint density at radius 2 is 1.14 bits per heavy atom. The van der Waals surface area contributed by atoms with Crippen LogP contribution in [0, 0.1) is 19.7 Å². The highest BCUT2D eigenvalue weighted by Crippen LogP contribution is 2.27. The summed E-state index contributed by atoms with van der Waals surface area (Å²) in [5.41, 5.74) is 3.31. The van der Waals surface area contributed by atoms with Gasteiger partial charge in [-0.1, -0.05) is 35.9 Å². The molecule has 0 unspecified atom stereocenters. The molecule has 70 heavy (non-hydrogen) atoms. The number of benzene rings is 3. The minimum absolute atomic E-state index is 0.0562. The number of ether oxygens (including phenoxy) is 7. The fraction of sp³-hybridized carbons (Fsp3) is 0.245. The van der Waals surface area contributed by atoms with Gasteiger partial charge in [0.1, 0.15) is 12.7 Å². The van der Waals surface area contributed by atoms with E-state index in [1.165, 1.54) is 53.8 Å². The summed E-state index contributed by atoms with van der Waals surface area (Å²) in [5, 5.41) is 4.82. The highest BCUT2D eigenvalue weighted by atomic mass is 35.5. The fourth-order valence-electron chi connectivity index (χ4n) is 5.65. The average Bonchev–Trinajstić information content (AvgIpc) is 3.28. The minimum atomic E-state index is -1.25. The fourth-order valence-corrected chi connectivity index (χ4v) is 5.86. The smallest absolute Gasteiger partial charge is 0.352 e. The number of esters is 6. The first-order valence-electron chi connectivity index (χ1n) is 20.5. The second-order valence-corrected chi connectivity index (χ2v) is 15.9. The van der Waals surface area contributed by atoms with Crippen LogP contribution in [0.25, 0.3) is 36.3 Å². The normalized spacial score (nSPS) is 15.7. The van der Waals surface area contributed by atoms with Crippen LogP contribution in [0.15, 0.2) is 114 Å². The number of anilines is 1. The zero-order valence-electron chi connectivity index (χ0n) is 38.5. The summed E-state index contributed by atoms with van der Waals surface area (Å²) in [6.07, 6.45) is 5.26. The third-order valence-corrected chi connectivity index (χ3v) is 8.99. The molecule has 0 radical (unpaired) electrons. The maximum Gasteiger partial charge on any atom is 0.352 e. The zero-order valence-corrected chi connectivity index (χ0v) is 39.3. The quantitative estimate of drug-likeness (QED) is 0.0325. The number of hydrogen-bond acceptors (Lipinski definition) is 16. The monoisotopic (exact) mass is 974 g/mol. The van der Waals surface area contributed by atoms with Crippen LogP contribution in [0.1, 0.15) is 54.9 Å². The van der Waals surface area contributed by atoms with Gasteiger partial charge in [0.25, 0.3) is 17.4 Å². The van der Waals surface area contributed by atoms with Gasteiger partial charge in [-0.2, -0.15) is 0 Å². The Morgan fingerprint density at radius 3 is 1.66 bits per heavy atom. The van der Waals surface area contributed by atoms with Crippen LogP contribution in [0.5, 0.6) is 0 Å². The molecule has 0 amide bonds. The van der Waals surface area contributed by atoms with Gasteiger partial charge < -0.3 is 43.5 Å². The Labute approximate surface area is 405 Å². The highest BCUT2D eigenvalue weighted by Gasteiger charge is 2.40. The van der Waals surface area contributed by atoms with Crippen molar-refractivity contribution >= 4 is 92.0 Å². The molecule has 3 saturated heterocycles. The van der Waals surface area contributed by atoms with Crippen LogP contribution < -0.4 is 10.7 Å². The van der Waals surface area contributed by atoms with E-state index in [2.05, 4.69) is 39.3 Å². The molecule has 2 N–H and O–H groups in total. The molecule has 0 spiro atoms. The molecule has 0 saturated carbocycles. The summed E-state index contributed by atoms with van der Waals surface area (Å²) in [6, 6.07) is 20.0. The van der Waals surface area contributed by atoms with E-state index in [0.717, 1.165) is 22.7 Å². The predicted octanol–water partition coefficient (Wildman–Crippen LogP) is 8.84. The van der Waals surface area contributed by atoms with Crippen molar-refractivity contribution in [2.24, 2.45) is 0 Å². The second-order valence-electron chi connectivity index (χ2n) is 15.5. The number of fused-ring (bicyclic) bond motifs is 2. The molecule has 5 aromatic rings. The maximum absolute atomic E-state index is 11.7. The van der Waals surface area contributed by atoms with Gasteiger partial charge in [-0.25, -0.2) is 33.7 Å². The summed E-state index contributed by atoms with van der Waals surface area (Å²) < 4.78 is 33.7. The lowest BCUT2D eigenvalue weighted by Gasteiger charge is -2.29. The number of nitrogens with one attached hydrogen (secondary N) is 2. The van der Waals surface area contributed by atoms with Crippen molar-refractivity contribution in [1.29, 1.82) is 0 Å². The summed E-state index contributed by atoms with van der Waals surface area (Å²) >= 11 is 5.94. The van der Waals surface area contributed by atoms with Crippen molar-refractivity contribution in [2.75, 3.05) is 11.9 Å². The maximum atomic E-state index is 11.7. The zero-order chi connectivity index (χ0) is 51.8. The van der Waals surface area contributed by atoms with Gasteiger partial charge >= 0.3 is 35.8 Å². The summed E-state index contributed by atoms with van der Waals surface area (Å²) in [5.74, 6) is -7.50. The van der Waals surface area contributed by atoms with Gasteiger partial charge in [0.05, 0.1) is 36.9 Å². The highest BCUT2D eigenvalue weighted by molar-refractivity contribution is 6.35. The van der Waals surface area contributed by atoms with E-state index in [4.69, 9.17) is 55.0 Å². The number of aromatic amines is 1. The molecule has 8 rings (SSSR count). The molecule has 3 fully saturated rings. The molecule has 3 aromatic carbocycles. The van der Waals surface area contributed by atoms with Gasteiger partial charge in [0, 0.05) is 88.2 Å². The first-order chi connectivity index (χ1) is 33.0. The Morgan fingerprint density at radius 1 is 0.657 bits per heavy atom. The molecule has 3 aliphatic rings. The topological polar surface area (TPSA) is 238 Å². The third-order valence-electron chi connectivity index (χ3n) is 8.66. The van der Waals surface area contributed by atoms with Crippen LogP contribution in [0.2, 0.25) is 5.02 Å². The molecular formula is C49H43ClN6O14. The van der Waals surface area contributed by atoms with Crippen molar-refractivity contribution < 1.29 is 61.9 Å². The Hall–Kier alpha value is -9.06. The van der Waals surface area contributed by atoms with Crippen molar-refractivity contribution in [3.63, 3.8) is 0 Å². The lowest BCUT2D eigenvalue weighted by Crippen LogP contribution is -2.42. The molecule has 0 bridgehead atoms. The third kappa shape index (κ3) is 15.8. The molecule has 360 valence electrons. The number of hydrogen-bond donors (Lipinski definition) is 2. The molecule has 2 aromatic heterocycles. The molecule has 20 nitrogen and oxygen atoms in total. The van der Waals surface area contributed by atoms with Crippen molar-refractivity contribution in [2.45, 2.75) is 72.2 Å². The van der Waals surface area contributed by atoms with E-state index in [0.29, 0.717) is 39.8 Å². The second kappa shape index (κ2) is 23.6. The lowest BCUT2D eigenvalue weighted by atomic mass is 10.2. The summed E-state index contributed by atoms with van der Waals surface area (Å²) in [7, 11) is 0. The number of aromatic nitrogens is 2. The molecule has 0 aliphatic carbocycles. The first kappa shape index (κ1) is 53.6. The minimum Gasteiger partial charge on any atom is -0.500 e. The number of nitrogens with zero attached hydrogens (tertiary/aromatic N) is 4. The van der Waals surface area contributed by atoms with E-state index in [-0.39, 0.29) is 23.0 Å². The van der Waals surface area contributed by atoms with E-state index in [1.54, 1.807) is 86.0 Å². The number of cyclic esters (lactones) is 6. The average molecular weight is 975 g/mol. The number of rotatable bonds is 4. The largest absolute Gasteiger partial charge is 0.500 e. The number of pyridine rings is 2. The lowest BCUT2D eigenvalue weighted by molar-refractivity contribution is -0.232. The van der Waals surface area contributed by atoms with Crippen LogP contribution in [0.3, 0.4) is 0 Å². The molecule has 21 heteroatoms. The Bertz CT molecular complexity index is 3020. The summed E-state index contributed by atoms with van der Waals surface area (Å²) in [6.45, 7) is 31.6. The first-order valence-corrected chi connectivity index (χ1v) is 20.9. The van der Waals surface area contributed by atoms with E-state index in [9.17, 15) is 33.6 Å². The van der Waals surface area contributed by atoms with E-state index < -0.39 is 53.2 Å². The standard InChI is InChI=1S/C14H12N2O4.C10H5ClN2.C10H6N2O.C9H12O5.C6H8O4/c1-14(2)19-12(17)11(13(18)20-14)8-16-10-6-4-9(15-3)5-7-10;1-12-7-2-3-10-8(6-7)9(11)4-5-13-10;1-11-7-2-3-9-8(6-7)10(13)4-5-12-9;1-4-12-5-6-7(10)13-9(2,3)14-8(6)11;1-6(2)9-4(7)3-5(8)10-6/h4-8,16H,1-2H3;2-6H;2-6H,(H,12,13);5H,4H2,1-3H3;3H2,1-2H3. The Balaban J connectivity index is 0.000000194. The Kier molecular flexibility index (Phi) is 18.1. The van der Waals surface area contributed by atoms with Crippen molar-refractivity contribution in [3.8, 4) is 0 Å². The molecule has 3 aliphatic heterocycles. The van der Waals surface area contributed by atoms with Crippen LogP contribution in [0.4, 0.5) is 22.7 Å². The number of halogens is 1. The molecule has 0 atom stereocenters. The van der Waals surface area contributed by atoms with Gasteiger partial charge in [-0.05, 0) is 49.4 Å². The number of carbonyl (C=O) groups excluding carboxylic acids is 6. The van der Waals surface area contributed by atoms with Gasteiger partial charge in [-0.3, -0.25) is 19.4 Å². The SMILES string of the molecule is CC1(C)OC(=O)CC(=O)O1.CCOC=C1C(=O)OC(C)(C)OC1=O.[C-]#[N+]c1ccc(NC=C2C(=O)OC(C)(C)OC2=O)cc1.[C-]#[N+]c1ccc2[nH]ccc(=O)c2c1.[C-]#[N+]c1ccc2nccc(Cl)c2c1. The van der Waals surface area contributed by atoms with Crippen LogP contribution in [-0.2, 0) is 61.9 Å². The van der Waals surface area contributed by atoms with Crippen molar-refractivity contribution in [1.82, 2.24) is 9.97 Å². The van der Waals surface area contributed by atoms with Crippen LogP contribution in [-0.4, -0.2) is 69.8 Å². The summed E-state index contributed by atoms with van der Waals surface area (Å²) in [4.78, 5) is 95.2. The van der Waals surface area contributed by atoms with Crippen molar-refractivity contribution in [3.05, 3.63) is 158 Å². The molecule has 5 heterocycles. The van der Waals surface area contributed by atoms with Crippen LogP contribution >= 0.6 is 11.6 Å².